The first kappa shape index (κ1) is 15.7. The lowest BCUT2D eigenvalue weighted by Crippen LogP contribution is -2.12. The number of benzene rings is 1. The lowest BCUT2D eigenvalue weighted by molar-refractivity contribution is -0.384. The van der Waals surface area contributed by atoms with Crippen LogP contribution < -0.4 is 9.46 Å². The predicted octanol–water partition coefficient (Wildman–Crippen LogP) is 3.23. The van der Waals surface area contributed by atoms with Gasteiger partial charge in [0.2, 0.25) is 0 Å². The summed E-state index contributed by atoms with van der Waals surface area (Å²) in [6.45, 7) is 0. The van der Waals surface area contributed by atoms with E-state index in [0.29, 0.717) is 3.79 Å². The third-order valence-electron chi connectivity index (χ3n) is 2.45. The molecule has 10 heteroatoms. The molecule has 0 amide bonds. The van der Waals surface area contributed by atoms with Gasteiger partial charge in [-0.25, -0.2) is 8.42 Å². The van der Waals surface area contributed by atoms with Gasteiger partial charge in [-0.15, -0.1) is 11.3 Å². The molecule has 21 heavy (non-hydrogen) atoms. The molecule has 0 saturated heterocycles. The van der Waals surface area contributed by atoms with Crippen molar-refractivity contribution in [3.63, 3.8) is 0 Å². The lowest BCUT2D eigenvalue weighted by Gasteiger charge is -2.10. The fraction of sp³-hybridized carbons (Fsp3) is 0.0909. The molecular weight excluding hydrogens is 384 g/mol. The summed E-state index contributed by atoms with van der Waals surface area (Å²) < 4.78 is 32.5. The minimum atomic E-state index is -3.77. The van der Waals surface area contributed by atoms with E-state index < -0.39 is 14.9 Å². The third-order valence-corrected chi connectivity index (χ3v) is 5.93. The molecule has 0 aliphatic carbocycles. The number of non-ortho nitro benzene ring substituents is 1. The van der Waals surface area contributed by atoms with Crippen molar-refractivity contribution in [3.05, 3.63) is 44.2 Å². The van der Waals surface area contributed by atoms with Crippen molar-refractivity contribution in [2.45, 2.75) is 4.21 Å². The van der Waals surface area contributed by atoms with Gasteiger partial charge in [0.05, 0.1) is 27.6 Å². The summed E-state index contributed by atoms with van der Waals surface area (Å²) in [6.07, 6.45) is 0. The molecule has 7 nitrogen and oxygen atoms in total. The zero-order chi connectivity index (χ0) is 15.6. The fourth-order valence-electron chi connectivity index (χ4n) is 1.51. The van der Waals surface area contributed by atoms with E-state index in [1.807, 2.05) is 0 Å². The first-order valence-electron chi connectivity index (χ1n) is 5.44. The van der Waals surface area contributed by atoms with Crippen LogP contribution in [0.2, 0.25) is 0 Å². The van der Waals surface area contributed by atoms with Gasteiger partial charge in [0, 0.05) is 6.07 Å². The van der Waals surface area contributed by atoms with Crippen molar-refractivity contribution in [1.29, 1.82) is 0 Å². The molecule has 0 spiro atoms. The Kier molecular flexibility index (Phi) is 4.49. The molecule has 0 unspecified atom stereocenters. The Morgan fingerprint density at radius 2 is 2.05 bits per heavy atom. The number of halogens is 1. The molecule has 1 N–H and O–H groups in total. The second kappa shape index (κ2) is 6.00. The molecule has 1 heterocycles. The van der Waals surface area contributed by atoms with Gasteiger partial charge in [-0.2, -0.15) is 0 Å². The van der Waals surface area contributed by atoms with Crippen LogP contribution >= 0.6 is 27.3 Å². The van der Waals surface area contributed by atoms with Gasteiger partial charge in [0.1, 0.15) is 9.96 Å². The zero-order valence-electron chi connectivity index (χ0n) is 10.6. The van der Waals surface area contributed by atoms with E-state index in [1.165, 1.54) is 25.3 Å². The molecule has 0 saturated carbocycles. The van der Waals surface area contributed by atoms with Crippen molar-refractivity contribution in [2.75, 3.05) is 11.8 Å². The highest BCUT2D eigenvalue weighted by Gasteiger charge is 2.20. The summed E-state index contributed by atoms with van der Waals surface area (Å²) in [7, 11) is -2.47. The van der Waals surface area contributed by atoms with Crippen LogP contribution in [0.4, 0.5) is 11.4 Å². The molecule has 1 aromatic carbocycles. The highest BCUT2D eigenvalue weighted by atomic mass is 79.9. The number of thiophene rings is 1. The largest absolute Gasteiger partial charge is 0.494 e. The fourth-order valence-corrected chi connectivity index (χ4v) is 4.60. The number of rotatable bonds is 5. The van der Waals surface area contributed by atoms with Crippen LogP contribution in [-0.4, -0.2) is 20.5 Å². The number of anilines is 1. The second-order valence-electron chi connectivity index (χ2n) is 3.81. The molecule has 0 aliphatic heterocycles. The van der Waals surface area contributed by atoms with Gasteiger partial charge in [0.15, 0.2) is 0 Å². The predicted molar refractivity (Wildman–Crippen MR) is 82.5 cm³/mol. The van der Waals surface area contributed by atoms with Crippen molar-refractivity contribution >= 4 is 48.7 Å². The molecule has 112 valence electrons. The topological polar surface area (TPSA) is 98.5 Å². The summed E-state index contributed by atoms with van der Waals surface area (Å²) in [5, 5.41) is 10.7. The molecular formula is C11H9BrN2O5S2. The Hall–Kier alpha value is -1.65. The number of methoxy groups -OCH3 is 1. The molecule has 0 bridgehead atoms. The minimum Gasteiger partial charge on any atom is -0.494 e. The number of nitrogens with zero attached hydrogens (tertiary/aromatic N) is 1. The maximum Gasteiger partial charge on any atom is 0.273 e. The second-order valence-corrected chi connectivity index (χ2v) is 8.18. The van der Waals surface area contributed by atoms with Gasteiger partial charge in [-0.05, 0) is 34.1 Å². The summed E-state index contributed by atoms with van der Waals surface area (Å²) in [5.74, 6) is 0.0726. The van der Waals surface area contributed by atoms with Crippen LogP contribution in [-0.2, 0) is 10.0 Å². The number of nitro benzene ring substituents is 1. The Morgan fingerprint density at radius 3 is 2.57 bits per heavy atom. The van der Waals surface area contributed by atoms with Crippen molar-refractivity contribution in [3.8, 4) is 5.75 Å². The van der Waals surface area contributed by atoms with E-state index in [2.05, 4.69) is 20.7 Å². The van der Waals surface area contributed by atoms with Crippen LogP contribution in [0.5, 0.6) is 5.75 Å². The molecule has 2 aromatic rings. The summed E-state index contributed by atoms with van der Waals surface area (Å²) >= 11 is 4.24. The Morgan fingerprint density at radius 1 is 1.33 bits per heavy atom. The summed E-state index contributed by atoms with van der Waals surface area (Å²) in [6, 6.07) is 6.71. The minimum absolute atomic E-state index is 0.0726. The van der Waals surface area contributed by atoms with Crippen LogP contribution in [0.15, 0.2) is 38.3 Å². The van der Waals surface area contributed by atoms with Gasteiger partial charge >= 0.3 is 0 Å². The average Bonchev–Trinajstić information content (AvgIpc) is 2.86. The summed E-state index contributed by atoms with van der Waals surface area (Å²) in [4.78, 5) is 10.1. The number of nitro groups is 1. The third kappa shape index (κ3) is 3.52. The van der Waals surface area contributed by atoms with Crippen molar-refractivity contribution in [2.24, 2.45) is 0 Å². The number of nitrogens with one attached hydrogen (secondary N) is 1. The first-order valence-corrected chi connectivity index (χ1v) is 8.53. The Balaban J connectivity index is 2.37. The maximum atomic E-state index is 12.2. The van der Waals surface area contributed by atoms with E-state index in [4.69, 9.17) is 4.74 Å². The SMILES string of the molecule is COc1cc([N+](=O)[O-])ccc1NS(=O)(=O)c1ccc(Br)s1. The average molecular weight is 393 g/mol. The molecule has 1 aromatic heterocycles. The van der Waals surface area contributed by atoms with Crippen LogP contribution in [0.3, 0.4) is 0 Å². The number of ether oxygens (including phenoxy) is 1. The number of sulfonamides is 1. The standard InChI is InChI=1S/C11H9BrN2O5S2/c1-19-9-6-7(14(15)16)2-3-8(9)13-21(17,18)11-5-4-10(12)20-11/h2-6,13H,1H3. The van der Waals surface area contributed by atoms with Crippen molar-refractivity contribution < 1.29 is 18.1 Å². The van der Waals surface area contributed by atoms with Crippen LogP contribution in [0.1, 0.15) is 0 Å². The van der Waals surface area contributed by atoms with E-state index in [-0.39, 0.29) is 21.3 Å². The smallest absolute Gasteiger partial charge is 0.273 e. The highest BCUT2D eigenvalue weighted by Crippen LogP contribution is 2.32. The van der Waals surface area contributed by atoms with Crippen molar-refractivity contribution in [1.82, 2.24) is 0 Å². The Bertz CT molecular complexity index is 788. The number of hydrogen-bond acceptors (Lipinski definition) is 6. The molecule has 0 aliphatic rings. The van der Waals surface area contributed by atoms with Gasteiger partial charge in [0.25, 0.3) is 15.7 Å². The van der Waals surface area contributed by atoms with Gasteiger partial charge in [-0.3, -0.25) is 14.8 Å². The van der Waals surface area contributed by atoms with E-state index in [0.717, 1.165) is 17.4 Å². The molecule has 0 atom stereocenters. The van der Waals surface area contributed by atoms with Crippen LogP contribution in [0.25, 0.3) is 0 Å². The van der Waals surface area contributed by atoms with Crippen LogP contribution in [0, 0.1) is 10.1 Å². The molecule has 2 rings (SSSR count). The van der Waals surface area contributed by atoms with E-state index in [9.17, 15) is 18.5 Å². The first-order chi connectivity index (χ1) is 9.83. The number of hydrogen-bond donors (Lipinski definition) is 1. The van der Waals surface area contributed by atoms with Gasteiger partial charge < -0.3 is 4.74 Å². The van der Waals surface area contributed by atoms with Gasteiger partial charge in [-0.1, -0.05) is 0 Å². The molecule has 0 fully saturated rings. The zero-order valence-corrected chi connectivity index (χ0v) is 13.8. The monoisotopic (exact) mass is 392 g/mol. The lowest BCUT2D eigenvalue weighted by atomic mass is 10.2. The normalized spacial score (nSPS) is 11.1. The molecule has 0 radical (unpaired) electrons. The maximum absolute atomic E-state index is 12.2. The van der Waals surface area contributed by atoms with E-state index in [1.54, 1.807) is 6.07 Å². The quantitative estimate of drug-likeness (QED) is 0.621. The summed E-state index contributed by atoms with van der Waals surface area (Å²) in [5.41, 5.74) is -0.0544. The van der Waals surface area contributed by atoms with E-state index >= 15 is 0 Å². The highest BCUT2D eigenvalue weighted by molar-refractivity contribution is 9.11. The Labute approximate surface area is 132 Å².